The molecule has 3 N–H and O–H groups in total. The van der Waals surface area contributed by atoms with E-state index in [9.17, 15) is 13.6 Å². The third-order valence-electron chi connectivity index (χ3n) is 2.37. The normalized spacial score (nSPS) is 11.9. The van der Waals surface area contributed by atoms with Crippen LogP contribution in [0.4, 0.5) is 8.78 Å². The van der Waals surface area contributed by atoms with Gasteiger partial charge < -0.3 is 15.6 Å². The highest BCUT2D eigenvalue weighted by atomic mass is 19.3. The Morgan fingerprint density at radius 2 is 2.24 bits per heavy atom. The van der Waals surface area contributed by atoms with Crippen LogP contribution in [-0.4, -0.2) is 29.5 Å². The molecule has 0 aromatic carbocycles. The fourth-order valence-electron chi connectivity index (χ4n) is 1.41. The monoisotopic (exact) mass is 245 g/mol. The van der Waals surface area contributed by atoms with Crippen LogP contribution in [0.15, 0.2) is 18.3 Å². The average molecular weight is 245 g/mol. The van der Waals surface area contributed by atoms with Crippen molar-refractivity contribution in [2.45, 2.75) is 25.8 Å². The summed E-state index contributed by atoms with van der Waals surface area (Å²) >= 11 is 0. The molecule has 0 bridgehead atoms. The number of nitrogens with two attached hydrogens (primary N) is 1. The van der Waals surface area contributed by atoms with Gasteiger partial charge in [0.15, 0.2) is 0 Å². The highest BCUT2D eigenvalue weighted by Gasteiger charge is 2.27. The molecule has 0 aliphatic carbocycles. The van der Waals surface area contributed by atoms with Gasteiger partial charge >= 0.3 is 0 Å². The number of hydrogen-bond acceptors (Lipinski definition) is 2. The van der Waals surface area contributed by atoms with Crippen molar-refractivity contribution >= 4 is 5.91 Å². The van der Waals surface area contributed by atoms with E-state index in [1.54, 1.807) is 22.9 Å². The minimum absolute atomic E-state index is 0.0979. The number of hydrogen-bond donors (Lipinski definition) is 2. The van der Waals surface area contributed by atoms with Gasteiger partial charge in [-0.3, -0.25) is 4.79 Å². The van der Waals surface area contributed by atoms with E-state index >= 15 is 0 Å². The summed E-state index contributed by atoms with van der Waals surface area (Å²) in [6, 6.07) is 3.40. The van der Waals surface area contributed by atoms with E-state index < -0.39 is 24.9 Å². The first-order valence-electron chi connectivity index (χ1n) is 5.40. The van der Waals surface area contributed by atoms with Crippen molar-refractivity contribution in [1.29, 1.82) is 0 Å². The van der Waals surface area contributed by atoms with E-state index in [2.05, 4.69) is 5.32 Å². The Hall–Kier alpha value is -1.43. The smallest absolute Gasteiger partial charge is 0.277 e. The molecular formula is C11H17F2N3O. The molecule has 1 aromatic heterocycles. The summed E-state index contributed by atoms with van der Waals surface area (Å²) in [5, 5.41) is 2.18. The lowest BCUT2D eigenvalue weighted by molar-refractivity contribution is 0.0117. The van der Waals surface area contributed by atoms with E-state index in [4.69, 9.17) is 5.73 Å². The van der Waals surface area contributed by atoms with Crippen molar-refractivity contribution in [2.24, 2.45) is 5.73 Å². The SMILES string of the molecule is CC(C)n1cccc1C(=O)NCC(F)(F)CN. The molecule has 0 saturated heterocycles. The lowest BCUT2D eigenvalue weighted by Crippen LogP contribution is -2.42. The van der Waals surface area contributed by atoms with Crippen LogP contribution in [0, 0.1) is 0 Å². The van der Waals surface area contributed by atoms with E-state index in [1.165, 1.54) is 0 Å². The molecule has 1 aromatic rings. The second-order valence-electron chi connectivity index (χ2n) is 4.14. The Bertz CT molecular complexity index is 388. The molecule has 0 spiro atoms. The molecule has 0 unspecified atom stereocenters. The van der Waals surface area contributed by atoms with Crippen molar-refractivity contribution in [3.8, 4) is 0 Å². The first kappa shape index (κ1) is 13.6. The van der Waals surface area contributed by atoms with Crippen LogP contribution in [-0.2, 0) is 0 Å². The van der Waals surface area contributed by atoms with E-state index in [0.717, 1.165) is 0 Å². The zero-order valence-corrected chi connectivity index (χ0v) is 9.91. The lowest BCUT2D eigenvalue weighted by Gasteiger charge is -2.16. The maximum absolute atomic E-state index is 12.9. The number of rotatable bonds is 5. The molecular weight excluding hydrogens is 228 g/mol. The van der Waals surface area contributed by atoms with Crippen LogP contribution in [0.5, 0.6) is 0 Å². The maximum Gasteiger partial charge on any atom is 0.277 e. The zero-order chi connectivity index (χ0) is 13.1. The minimum Gasteiger partial charge on any atom is -0.345 e. The summed E-state index contributed by atoms with van der Waals surface area (Å²) in [4.78, 5) is 11.7. The molecule has 1 heterocycles. The molecule has 0 fully saturated rings. The molecule has 0 atom stereocenters. The summed E-state index contributed by atoms with van der Waals surface area (Å²) in [6.07, 6.45) is 1.74. The Morgan fingerprint density at radius 3 is 2.76 bits per heavy atom. The number of halogens is 2. The molecule has 6 heteroatoms. The number of aromatic nitrogens is 1. The Morgan fingerprint density at radius 1 is 1.59 bits per heavy atom. The Kier molecular flexibility index (Phi) is 4.22. The predicted octanol–water partition coefficient (Wildman–Crippen LogP) is 1.39. The molecule has 17 heavy (non-hydrogen) atoms. The summed E-state index contributed by atoms with van der Waals surface area (Å²) in [7, 11) is 0. The highest BCUT2D eigenvalue weighted by molar-refractivity contribution is 5.92. The predicted molar refractivity (Wildman–Crippen MR) is 61.2 cm³/mol. The van der Waals surface area contributed by atoms with Crippen molar-refractivity contribution in [1.82, 2.24) is 9.88 Å². The fraction of sp³-hybridized carbons (Fsp3) is 0.545. The van der Waals surface area contributed by atoms with Crippen molar-refractivity contribution in [3.63, 3.8) is 0 Å². The Balaban J connectivity index is 2.68. The van der Waals surface area contributed by atoms with E-state index in [0.29, 0.717) is 5.69 Å². The molecule has 1 rings (SSSR count). The standard InChI is InChI=1S/C11H17F2N3O/c1-8(2)16-5-3-4-9(16)10(17)15-7-11(12,13)6-14/h3-5,8H,6-7,14H2,1-2H3,(H,15,17). The summed E-state index contributed by atoms with van der Waals surface area (Å²) in [6.45, 7) is 2.29. The first-order chi connectivity index (χ1) is 7.87. The van der Waals surface area contributed by atoms with Gasteiger partial charge in [-0.2, -0.15) is 0 Å². The topological polar surface area (TPSA) is 60.0 Å². The lowest BCUT2D eigenvalue weighted by atomic mass is 10.3. The van der Waals surface area contributed by atoms with Gasteiger partial charge in [0.1, 0.15) is 5.69 Å². The van der Waals surface area contributed by atoms with Crippen LogP contribution in [0.25, 0.3) is 0 Å². The third-order valence-corrected chi connectivity index (χ3v) is 2.37. The molecule has 4 nitrogen and oxygen atoms in total. The number of carbonyl (C=O) groups is 1. The van der Waals surface area contributed by atoms with Crippen molar-refractivity contribution < 1.29 is 13.6 Å². The van der Waals surface area contributed by atoms with Gasteiger partial charge in [0.05, 0.1) is 13.1 Å². The number of nitrogens with one attached hydrogen (secondary N) is 1. The van der Waals surface area contributed by atoms with Gasteiger partial charge in [0, 0.05) is 12.2 Å². The second kappa shape index (κ2) is 5.27. The van der Waals surface area contributed by atoms with Gasteiger partial charge in [-0.1, -0.05) is 0 Å². The van der Waals surface area contributed by atoms with Gasteiger partial charge in [0.25, 0.3) is 11.8 Å². The van der Waals surface area contributed by atoms with Gasteiger partial charge in [0.2, 0.25) is 0 Å². The summed E-state index contributed by atoms with van der Waals surface area (Å²) < 4.78 is 27.5. The van der Waals surface area contributed by atoms with Crippen LogP contribution >= 0.6 is 0 Å². The zero-order valence-electron chi connectivity index (χ0n) is 9.91. The van der Waals surface area contributed by atoms with Crippen LogP contribution in [0.3, 0.4) is 0 Å². The van der Waals surface area contributed by atoms with Crippen molar-refractivity contribution in [2.75, 3.05) is 13.1 Å². The molecule has 0 aliphatic heterocycles. The number of alkyl halides is 2. The second-order valence-corrected chi connectivity index (χ2v) is 4.14. The number of carbonyl (C=O) groups excluding carboxylic acids is 1. The highest BCUT2D eigenvalue weighted by Crippen LogP contribution is 2.12. The molecule has 1 amide bonds. The molecule has 0 radical (unpaired) electrons. The van der Waals surface area contributed by atoms with Gasteiger partial charge in [-0.05, 0) is 26.0 Å². The van der Waals surface area contributed by atoms with E-state index in [1.807, 2.05) is 13.8 Å². The van der Waals surface area contributed by atoms with Crippen molar-refractivity contribution in [3.05, 3.63) is 24.0 Å². The van der Waals surface area contributed by atoms with Crippen LogP contribution in [0.2, 0.25) is 0 Å². The minimum atomic E-state index is -3.06. The molecule has 96 valence electrons. The molecule has 0 saturated carbocycles. The van der Waals surface area contributed by atoms with Crippen LogP contribution in [0.1, 0.15) is 30.4 Å². The van der Waals surface area contributed by atoms with E-state index in [-0.39, 0.29) is 6.04 Å². The molecule has 0 aliphatic rings. The van der Waals surface area contributed by atoms with Crippen LogP contribution < -0.4 is 11.1 Å². The largest absolute Gasteiger partial charge is 0.345 e. The number of amides is 1. The van der Waals surface area contributed by atoms with Gasteiger partial charge in [-0.15, -0.1) is 0 Å². The Labute approximate surface area is 98.8 Å². The quantitative estimate of drug-likeness (QED) is 0.823. The average Bonchev–Trinajstić information content (AvgIpc) is 2.75. The summed E-state index contributed by atoms with van der Waals surface area (Å²) in [5.74, 6) is -3.58. The first-order valence-corrected chi connectivity index (χ1v) is 5.40. The summed E-state index contributed by atoms with van der Waals surface area (Å²) in [5.41, 5.74) is 5.25. The number of nitrogens with zero attached hydrogens (tertiary/aromatic N) is 1. The third kappa shape index (κ3) is 3.52. The fourth-order valence-corrected chi connectivity index (χ4v) is 1.41. The maximum atomic E-state index is 12.9. The van der Waals surface area contributed by atoms with Gasteiger partial charge in [-0.25, -0.2) is 8.78 Å².